The van der Waals surface area contributed by atoms with Crippen molar-refractivity contribution in [2.24, 2.45) is 5.41 Å². The van der Waals surface area contributed by atoms with Crippen LogP contribution in [0, 0.1) is 5.41 Å². The summed E-state index contributed by atoms with van der Waals surface area (Å²) >= 11 is 0. The Bertz CT molecular complexity index is 287. The van der Waals surface area contributed by atoms with E-state index in [9.17, 15) is 0 Å². The molecule has 0 aromatic rings. The molecular formula is C16H32N2O2. The average molecular weight is 284 g/mol. The van der Waals surface area contributed by atoms with Crippen molar-refractivity contribution < 1.29 is 9.57 Å². The second-order valence-electron chi connectivity index (χ2n) is 7.48. The standard InChI is InChI=1S/C16H32N2O2/c1-5-6-8-19-9-7-10-20-18-13-16(14-18)11-17(12-16)15(2,3)4/h5-14H2,1-4H3. The normalized spacial score (nSPS) is 22.8. The highest BCUT2D eigenvalue weighted by Crippen LogP contribution is 2.42. The van der Waals surface area contributed by atoms with E-state index >= 15 is 0 Å². The summed E-state index contributed by atoms with van der Waals surface area (Å²) in [5.41, 5.74) is 0.854. The lowest BCUT2D eigenvalue weighted by molar-refractivity contribution is -0.286. The number of hydroxylamine groups is 2. The first-order valence-electron chi connectivity index (χ1n) is 8.16. The monoisotopic (exact) mass is 284 g/mol. The van der Waals surface area contributed by atoms with Gasteiger partial charge in [-0.1, -0.05) is 13.3 Å². The van der Waals surface area contributed by atoms with Gasteiger partial charge in [-0.25, -0.2) is 0 Å². The fraction of sp³-hybridized carbons (Fsp3) is 1.00. The Morgan fingerprint density at radius 2 is 1.60 bits per heavy atom. The van der Waals surface area contributed by atoms with Crippen molar-refractivity contribution in [3.63, 3.8) is 0 Å². The van der Waals surface area contributed by atoms with Gasteiger partial charge in [0.25, 0.3) is 0 Å². The van der Waals surface area contributed by atoms with Crippen molar-refractivity contribution in [3.8, 4) is 0 Å². The largest absolute Gasteiger partial charge is 0.381 e. The van der Waals surface area contributed by atoms with Gasteiger partial charge in [0.1, 0.15) is 0 Å². The van der Waals surface area contributed by atoms with E-state index in [0.29, 0.717) is 11.0 Å². The summed E-state index contributed by atoms with van der Waals surface area (Å²) in [7, 11) is 0. The van der Waals surface area contributed by atoms with E-state index in [2.05, 4.69) is 37.7 Å². The van der Waals surface area contributed by atoms with Gasteiger partial charge < -0.3 is 4.74 Å². The fourth-order valence-corrected chi connectivity index (χ4v) is 2.93. The molecule has 0 bridgehead atoms. The molecule has 2 saturated heterocycles. The molecule has 0 N–H and O–H groups in total. The molecule has 2 heterocycles. The number of unbranched alkanes of at least 4 members (excludes halogenated alkanes) is 1. The van der Waals surface area contributed by atoms with Crippen molar-refractivity contribution in [3.05, 3.63) is 0 Å². The second-order valence-corrected chi connectivity index (χ2v) is 7.48. The number of hydrogen-bond acceptors (Lipinski definition) is 4. The van der Waals surface area contributed by atoms with Gasteiger partial charge in [-0.05, 0) is 33.6 Å². The number of likely N-dealkylation sites (tertiary alicyclic amines) is 1. The van der Waals surface area contributed by atoms with Crippen molar-refractivity contribution in [1.82, 2.24) is 9.96 Å². The van der Waals surface area contributed by atoms with E-state index in [1.807, 2.05) is 0 Å². The van der Waals surface area contributed by atoms with Crippen LogP contribution in [0.5, 0.6) is 0 Å². The first-order valence-corrected chi connectivity index (χ1v) is 8.16. The molecule has 0 aromatic carbocycles. The van der Waals surface area contributed by atoms with Crippen LogP contribution >= 0.6 is 0 Å². The lowest BCUT2D eigenvalue weighted by atomic mass is 9.72. The first kappa shape index (κ1) is 16.2. The molecule has 20 heavy (non-hydrogen) atoms. The van der Waals surface area contributed by atoms with Gasteiger partial charge in [0, 0.05) is 50.3 Å². The zero-order valence-electron chi connectivity index (χ0n) is 13.8. The maximum absolute atomic E-state index is 5.77. The van der Waals surface area contributed by atoms with E-state index in [1.165, 1.54) is 25.9 Å². The highest BCUT2D eigenvalue weighted by molar-refractivity contribution is 5.06. The fourth-order valence-electron chi connectivity index (χ4n) is 2.93. The van der Waals surface area contributed by atoms with Crippen LogP contribution in [0.1, 0.15) is 47.0 Å². The van der Waals surface area contributed by atoms with E-state index < -0.39 is 0 Å². The Balaban J connectivity index is 1.45. The zero-order chi connectivity index (χ0) is 14.6. The van der Waals surface area contributed by atoms with Crippen LogP contribution in [0.25, 0.3) is 0 Å². The Labute approximate surface area is 124 Å². The Morgan fingerprint density at radius 1 is 0.950 bits per heavy atom. The van der Waals surface area contributed by atoms with Crippen LogP contribution in [-0.2, 0) is 9.57 Å². The molecule has 2 aliphatic heterocycles. The number of ether oxygens (including phenoxy) is 1. The Morgan fingerprint density at radius 3 is 2.20 bits per heavy atom. The zero-order valence-corrected chi connectivity index (χ0v) is 13.8. The number of nitrogens with zero attached hydrogens (tertiary/aromatic N) is 2. The highest BCUT2D eigenvalue weighted by atomic mass is 16.7. The second kappa shape index (κ2) is 6.73. The van der Waals surface area contributed by atoms with Gasteiger partial charge in [-0.2, -0.15) is 5.06 Å². The van der Waals surface area contributed by atoms with Crippen LogP contribution in [0.2, 0.25) is 0 Å². The number of rotatable bonds is 8. The van der Waals surface area contributed by atoms with Crippen LogP contribution < -0.4 is 0 Å². The maximum atomic E-state index is 5.77. The van der Waals surface area contributed by atoms with Crippen molar-refractivity contribution in [1.29, 1.82) is 0 Å². The van der Waals surface area contributed by atoms with Crippen molar-refractivity contribution in [2.75, 3.05) is 46.0 Å². The topological polar surface area (TPSA) is 24.9 Å². The quantitative estimate of drug-likeness (QED) is 0.640. The van der Waals surface area contributed by atoms with Crippen LogP contribution in [0.3, 0.4) is 0 Å². The van der Waals surface area contributed by atoms with Crippen LogP contribution in [-0.4, -0.2) is 61.5 Å². The molecule has 1 spiro atoms. The maximum Gasteiger partial charge on any atom is 0.0707 e. The van der Waals surface area contributed by atoms with Crippen LogP contribution in [0.4, 0.5) is 0 Å². The van der Waals surface area contributed by atoms with Gasteiger partial charge in [-0.15, -0.1) is 0 Å². The molecule has 0 radical (unpaired) electrons. The van der Waals surface area contributed by atoms with Gasteiger partial charge in [0.05, 0.1) is 6.61 Å². The lowest BCUT2D eigenvalue weighted by Gasteiger charge is -2.62. The minimum atomic E-state index is 0.322. The lowest BCUT2D eigenvalue weighted by Crippen LogP contribution is -2.74. The van der Waals surface area contributed by atoms with Gasteiger partial charge >= 0.3 is 0 Å². The van der Waals surface area contributed by atoms with Crippen molar-refractivity contribution >= 4 is 0 Å². The third-order valence-corrected chi connectivity index (χ3v) is 4.37. The smallest absolute Gasteiger partial charge is 0.0707 e. The molecule has 2 aliphatic rings. The molecule has 118 valence electrons. The van der Waals surface area contributed by atoms with Gasteiger partial charge in [0.2, 0.25) is 0 Å². The predicted molar refractivity (Wildman–Crippen MR) is 81.6 cm³/mol. The third-order valence-electron chi connectivity index (χ3n) is 4.37. The Hall–Kier alpha value is -0.160. The average Bonchev–Trinajstić information content (AvgIpc) is 2.25. The molecule has 4 nitrogen and oxygen atoms in total. The SMILES string of the molecule is CCCCOCCCON1CC2(C1)CN(C(C)(C)C)C2. The summed E-state index contributed by atoms with van der Waals surface area (Å²) in [6.07, 6.45) is 3.37. The van der Waals surface area contributed by atoms with Crippen molar-refractivity contribution in [2.45, 2.75) is 52.5 Å². The highest BCUT2D eigenvalue weighted by Gasteiger charge is 2.54. The van der Waals surface area contributed by atoms with E-state index in [4.69, 9.17) is 9.57 Å². The molecule has 0 aliphatic carbocycles. The summed E-state index contributed by atoms with van der Waals surface area (Å²) in [5.74, 6) is 0. The first-order chi connectivity index (χ1) is 9.45. The van der Waals surface area contributed by atoms with Crippen LogP contribution in [0.15, 0.2) is 0 Å². The molecule has 4 heteroatoms. The molecule has 0 amide bonds. The van der Waals surface area contributed by atoms with Gasteiger partial charge in [-0.3, -0.25) is 9.74 Å². The molecule has 0 aromatic heterocycles. The third kappa shape index (κ3) is 4.17. The summed E-state index contributed by atoms with van der Waals surface area (Å²) in [4.78, 5) is 8.33. The minimum Gasteiger partial charge on any atom is -0.381 e. The summed E-state index contributed by atoms with van der Waals surface area (Å²) in [6, 6.07) is 0. The molecular weight excluding hydrogens is 252 g/mol. The summed E-state index contributed by atoms with van der Waals surface area (Å²) in [6.45, 7) is 16.3. The summed E-state index contributed by atoms with van der Waals surface area (Å²) in [5, 5.41) is 2.13. The molecule has 0 saturated carbocycles. The van der Waals surface area contributed by atoms with Gasteiger partial charge in [0.15, 0.2) is 0 Å². The number of hydrogen-bond donors (Lipinski definition) is 0. The van der Waals surface area contributed by atoms with E-state index in [-0.39, 0.29) is 0 Å². The van der Waals surface area contributed by atoms with E-state index in [1.54, 1.807) is 0 Å². The molecule has 2 fully saturated rings. The molecule has 0 atom stereocenters. The van der Waals surface area contributed by atoms with E-state index in [0.717, 1.165) is 39.3 Å². The summed E-state index contributed by atoms with van der Waals surface area (Å²) < 4.78 is 5.53. The Kier molecular flexibility index (Phi) is 5.46. The minimum absolute atomic E-state index is 0.322. The molecule has 2 rings (SSSR count). The molecule has 0 unspecified atom stereocenters. The predicted octanol–water partition coefficient (Wildman–Crippen LogP) is 2.54.